The Bertz CT molecular complexity index is 1560. The average Bonchev–Trinajstić information content (AvgIpc) is 3.31. The van der Waals surface area contributed by atoms with Crippen LogP contribution in [0.4, 0.5) is 10.5 Å². The van der Waals surface area contributed by atoms with Crippen LogP contribution < -0.4 is 4.90 Å². The van der Waals surface area contributed by atoms with Gasteiger partial charge < -0.3 is 24.6 Å². The Balaban J connectivity index is 1.50. The summed E-state index contributed by atoms with van der Waals surface area (Å²) in [5, 5.41) is 20.1. The van der Waals surface area contributed by atoms with Crippen LogP contribution in [0.2, 0.25) is 0 Å². The van der Waals surface area contributed by atoms with Crippen LogP contribution in [0.15, 0.2) is 34.8 Å². The summed E-state index contributed by atoms with van der Waals surface area (Å²) in [5.41, 5.74) is 4.91. The molecule has 2 fully saturated rings. The number of benzene rings is 2. The third-order valence-corrected chi connectivity index (χ3v) is 9.43. The van der Waals surface area contributed by atoms with Gasteiger partial charge in [0.05, 0.1) is 28.9 Å². The number of carboxylic acid groups (broad SMARTS) is 1. The number of ketones is 1. The van der Waals surface area contributed by atoms with Crippen LogP contribution in [0, 0.1) is 16.7 Å². The van der Waals surface area contributed by atoms with Crippen molar-refractivity contribution in [2.45, 2.75) is 45.1 Å². The smallest absolute Gasteiger partial charge is 0.407 e. The quantitative estimate of drug-likeness (QED) is 0.378. The zero-order valence-electron chi connectivity index (χ0n) is 22.3. The van der Waals surface area contributed by atoms with Gasteiger partial charge >= 0.3 is 6.09 Å². The molecule has 0 bridgehead atoms. The highest BCUT2D eigenvalue weighted by Gasteiger charge is 2.48. The van der Waals surface area contributed by atoms with Crippen LogP contribution in [0.3, 0.4) is 0 Å². The van der Waals surface area contributed by atoms with E-state index in [1.807, 2.05) is 18.2 Å². The first-order valence-electron chi connectivity index (χ1n) is 13.3. The van der Waals surface area contributed by atoms with Gasteiger partial charge in [-0.3, -0.25) is 4.79 Å². The summed E-state index contributed by atoms with van der Waals surface area (Å²) in [6.07, 6.45) is 0.574. The van der Waals surface area contributed by atoms with Crippen LogP contribution >= 0.6 is 15.9 Å². The van der Waals surface area contributed by atoms with E-state index in [-0.39, 0.29) is 17.2 Å². The van der Waals surface area contributed by atoms with Gasteiger partial charge in [0.15, 0.2) is 5.78 Å². The minimum atomic E-state index is -0.892. The van der Waals surface area contributed by atoms with Crippen molar-refractivity contribution in [2.24, 2.45) is 5.41 Å². The van der Waals surface area contributed by atoms with Crippen LogP contribution in [0.1, 0.15) is 66.4 Å². The molecule has 8 nitrogen and oxygen atoms in total. The van der Waals surface area contributed by atoms with Crippen LogP contribution in [-0.4, -0.2) is 65.8 Å². The molecule has 0 saturated carbocycles. The number of amides is 1. The molecule has 3 aliphatic rings. The Labute approximate surface area is 235 Å². The number of aromatic amines is 1. The number of carbonyl (C=O) groups is 2. The van der Waals surface area contributed by atoms with E-state index in [2.05, 4.69) is 58.7 Å². The van der Waals surface area contributed by atoms with Gasteiger partial charge in [-0.25, -0.2) is 4.79 Å². The number of hydrogen-bond acceptors (Lipinski definition) is 5. The highest BCUT2D eigenvalue weighted by molar-refractivity contribution is 9.10. The Morgan fingerprint density at radius 1 is 1.21 bits per heavy atom. The number of rotatable bonds is 1. The topological polar surface area (TPSA) is 110 Å². The van der Waals surface area contributed by atoms with Crippen LogP contribution in [0.5, 0.6) is 0 Å². The van der Waals surface area contributed by atoms with E-state index >= 15 is 0 Å². The van der Waals surface area contributed by atoms with E-state index in [0.29, 0.717) is 49.5 Å². The predicted octanol–water partition coefficient (Wildman–Crippen LogP) is 5.66. The number of H-pyrrole nitrogens is 1. The van der Waals surface area contributed by atoms with E-state index in [1.54, 1.807) is 11.0 Å². The van der Waals surface area contributed by atoms with Gasteiger partial charge in [-0.15, -0.1) is 0 Å². The normalized spacial score (nSPS) is 20.6. The monoisotopic (exact) mass is 590 g/mol. The van der Waals surface area contributed by atoms with Gasteiger partial charge in [-0.05, 0) is 64.0 Å². The van der Waals surface area contributed by atoms with Crippen LogP contribution in [-0.2, 0) is 10.2 Å². The fraction of sp³-hybridized carbons (Fsp3) is 0.433. The van der Waals surface area contributed by atoms with Crippen molar-refractivity contribution in [2.75, 3.05) is 37.7 Å². The lowest BCUT2D eigenvalue weighted by atomic mass is 9.64. The van der Waals surface area contributed by atoms with E-state index < -0.39 is 11.5 Å². The highest BCUT2D eigenvalue weighted by Crippen LogP contribution is 2.51. The third-order valence-electron chi connectivity index (χ3n) is 8.79. The van der Waals surface area contributed by atoms with Crippen molar-refractivity contribution in [1.29, 1.82) is 5.26 Å². The molecular formula is C30H31BrN4O4. The lowest BCUT2D eigenvalue weighted by Gasteiger charge is -2.47. The molecule has 2 aromatic carbocycles. The molecule has 39 heavy (non-hydrogen) atoms. The first-order chi connectivity index (χ1) is 18.5. The third kappa shape index (κ3) is 3.95. The summed E-state index contributed by atoms with van der Waals surface area (Å²) in [4.78, 5) is 33.5. The summed E-state index contributed by atoms with van der Waals surface area (Å²) in [6, 6.07) is 11.6. The van der Waals surface area contributed by atoms with Crippen molar-refractivity contribution in [3.63, 3.8) is 0 Å². The molecule has 1 atom stereocenters. The molecule has 6 rings (SSSR count). The Morgan fingerprint density at radius 2 is 1.95 bits per heavy atom. The fourth-order valence-electron chi connectivity index (χ4n) is 6.73. The number of aromatic nitrogens is 1. The Hall–Kier alpha value is -3.35. The first-order valence-corrected chi connectivity index (χ1v) is 14.1. The Morgan fingerprint density at radius 3 is 2.62 bits per heavy atom. The molecule has 1 spiro atoms. The van der Waals surface area contributed by atoms with Crippen molar-refractivity contribution < 1.29 is 19.4 Å². The zero-order chi connectivity index (χ0) is 27.7. The number of halogens is 1. The maximum atomic E-state index is 14.1. The highest BCUT2D eigenvalue weighted by atomic mass is 79.9. The minimum Gasteiger partial charge on any atom is -0.465 e. The number of hydrogen-bond donors (Lipinski definition) is 2. The molecule has 202 valence electrons. The molecule has 1 aromatic heterocycles. The summed E-state index contributed by atoms with van der Waals surface area (Å²) in [5.74, 6) is -0.0245. The van der Waals surface area contributed by atoms with Gasteiger partial charge in [0.2, 0.25) is 0 Å². The van der Waals surface area contributed by atoms with E-state index in [1.165, 1.54) is 0 Å². The molecule has 3 heterocycles. The number of fused-ring (bicyclic) bond motifs is 6. The lowest BCUT2D eigenvalue weighted by Crippen LogP contribution is -2.59. The van der Waals surface area contributed by atoms with E-state index in [0.717, 1.165) is 45.2 Å². The molecule has 0 radical (unpaired) electrons. The Kier molecular flexibility index (Phi) is 6.05. The van der Waals surface area contributed by atoms with E-state index in [4.69, 9.17) is 4.74 Å². The largest absolute Gasteiger partial charge is 0.465 e. The summed E-state index contributed by atoms with van der Waals surface area (Å²) in [7, 11) is 0. The molecule has 2 aliphatic heterocycles. The zero-order valence-corrected chi connectivity index (χ0v) is 23.9. The number of piperazine rings is 1. The summed E-state index contributed by atoms with van der Waals surface area (Å²) < 4.78 is 6.62. The number of ether oxygens (including phenoxy) is 1. The van der Waals surface area contributed by atoms with Crippen molar-refractivity contribution >= 4 is 44.4 Å². The molecule has 1 unspecified atom stereocenters. The van der Waals surface area contributed by atoms with Gasteiger partial charge in [-0.2, -0.15) is 5.26 Å². The first kappa shape index (κ1) is 25.9. The van der Waals surface area contributed by atoms with Crippen LogP contribution in [0.25, 0.3) is 10.9 Å². The van der Waals surface area contributed by atoms with Gasteiger partial charge in [0.1, 0.15) is 0 Å². The lowest BCUT2D eigenvalue weighted by molar-refractivity contribution is 0.0601. The van der Waals surface area contributed by atoms with Crippen molar-refractivity contribution in [3.8, 4) is 6.07 Å². The molecule has 3 aromatic rings. The van der Waals surface area contributed by atoms with Gasteiger partial charge in [-0.1, -0.05) is 26.8 Å². The number of anilines is 1. The maximum Gasteiger partial charge on any atom is 0.407 e. The molecule has 1 aliphatic carbocycles. The van der Waals surface area contributed by atoms with Gasteiger partial charge in [0.25, 0.3) is 0 Å². The number of nitriles is 1. The van der Waals surface area contributed by atoms with Gasteiger partial charge in [0, 0.05) is 64.9 Å². The molecule has 1 amide bonds. The average molecular weight is 592 g/mol. The number of nitrogens with zero attached hydrogens (tertiary/aromatic N) is 3. The second-order valence-corrected chi connectivity index (χ2v) is 12.8. The molecule has 2 N–H and O–H groups in total. The number of nitrogens with one attached hydrogen (secondary N) is 1. The number of carbonyl (C=O) groups excluding carboxylic acids is 1. The summed E-state index contributed by atoms with van der Waals surface area (Å²) in [6.45, 7) is 8.92. The standard InChI is InChI=1S/C30H31BrN4O4/c1-29(2,3)24-16-34(8-9-35(24)28(37)38)23-14-20-19(13-21(23)31)26(36)25-18-5-4-17(15-32)12-22(18)33-27(25)30(20)6-10-39-11-7-30/h4-5,12-14,24,33H,6-11,16H2,1-3H3,(H,37,38). The van der Waals surface area contributed by atoms with Crippen molar-refractivity contribution in [1.82, 2.24) is 9.88 Å². The maximum absolute atomic E-state index is 14.1. The van der Waals surface area contributed by atoms with E-state index in [9.17, 15) is 20.0 Å². The minimum absolute atomic E-state index is 0.0245. The fourth-order valence-corrected chi connectivity index (χ4v) is 7.32. The second-order valence-electron chi connectivity index (χ2n) is 11.9. The van der Waals surface area contributed by atoms with Crippen molar-refractivity contribution in [3.05, 3.63) is 62.8 Å². The SMILES string of the molecule is CC(C)(C)C1CN(c2cc3c(cc2Br)C(=O)c2c([nH]c4cc(C#N)ccc24)C32CCOCC2)CCN1C(=O)O. The molecular weight excluding hydrogens is 560 g/mol. The molecule has 2 saturated heterocycles. The predicted molar refractivity (Wildman–Crippen MR) is 152 cm³/mol. The summed E-state index contributed by atoms with van der Waals surface area (Å²) >= 11 is 3.77. The second kappa shape index (κ2) is 9.10. The molecule has 9 heteroatoms.